The average Bonchev–Trinajstić information content (AvgIpc) is 2.91. The number of hydrogen-bond donors (Lipinski definition) is 1. The van der Waals surface area contributed by atoms with Crippen LogP contribution < -0.4 is 5.32 Å². The number of amides is 3. The van der Waals surface area contributed by atoms with Crippen molar-refractivity contribution in [2.75, 3.05) is 11.9 Å². The highest BCUT2D eigenvalue weighted by molar-refractivity contribution is 6.21. The van der Waals surface area contributed by atoms with E-state index >= 15 is 0 Å². The number of anilines is 1. The number of fused-ring (bicyclic) bond motifs is 1. The van der Waals surface area contributed by atoms with Gasteiger partial charge in [0.2, 0.25) is 0 Å². The molecule has 0 aromatic heterocycles. The summed E-state index contributed by atoms with van der Waals surface area (Å²) in [5, 5.41) is 2.44. The first-order valence-electron chi connectivity index (χ1n) is 8.58. The number of carbonyl (C=O) groups is 4. The maximum absolute atomic E-state index is 13.1. The van der Waals surface area contributed by atoms with Gasteiger partial charge >= 0.3 is 5.97 Å². The molecular formula is C20H17FN2O5. The Kier molecular flexibility index (Phi) is 5.49. The van der Waals surface area contributed by atoms with Gasteiger partial charge in [0, 0.05) is 12.2 Å². The molecule has 1 atom stereocenters. The van der Waals surface area contributed by atoms with Gasteiger partial charge in [0.05, 0.1) is 17.5 Å². The van der Waals surface area contributed by atoms with E-state index in [0.29, 0.717) is 11.1 Å². The first kappa shape index (κ1) is 19.2. The molecular weight excluding hydrogens is 367 g/mol. The van der Waals surface area contributed by atoms with Crippen LogP contribution in [0.1, 0.15) is 34.1 Å². The molecule has 0 unspecified atom stereocenters. The molecule has 0 radical (unpaired) electrons. The zero-order valence-electron chi connectivity index (χ0n) is 15.0. The number of esters is 1. The minimum Gasteiger partial charge on any atom is -0.452 e. The van der Waals surface area contributed by atoms with Gasteiger partial charge in [-0.1, -0.05) is 18.2 Å². The fraction of sp³-hybridized carbons (Fsp3) is 0.200. The van der Waals surface area contributed by atoms with Crippen LogP contribution in [-0.4, -0.2) is 41.2 Å². The lowest BCUT2D eigenvalue weighted by Gasteiger charge is -2.16. The van der Waals surface area contributed by atoms with E-state index in [1.165, 1.54) is 25.1 Å². The number of rotatable bonds is 6. The van der Waals surface area contributed by atoms with E-state index in [0.717, 1.165) is 11.0 Å². The van der Waals surface area contributed by atoms with Crippen molar-refractivity contribution in [3.63, 3.8) is 0 Å². The Morgan fingerprint density at radius 3 is 2.32 bits per heavy atom. The maximum atomic E-state index is 13.1. The number of imide groups is 1. The largest absolute Gasteiger partial charge is 0.452 e. The fourth-order valence-corrected chi connectivity index (χ4v) is 2.77. The zero-order chi connectivity index (χ0) is 20.3. The topological polar surface area (TPSA) is 92.8 Å². The van der Waals surface area contributed by atoms with E-state index in [2.05, 4.69) is 5.32 Å². The molecule has 7 nitrogen and oxygen atoms in total. The Bertz CT molecular complexity index is 924. The lowest BCUT2D eigenvalue weighted by molar-refractivity contribution is -0.153. The van der Waals surface area contributed by atoms with Gasteiger partial charge in [-0.3, -0.25) is 24.1 Å². The molecule has 8 heteroatoms. The summed E-state index contributed by atoms with van der Waals surface area (Å²) in [7, 11) is 0. The van der Waals surface area contributed by atoms with Crippen LogP contribution in [0.4, 0.5) is 10.1 Å². The van der Waals surface area contributed by atoms with Crippen molar-refractivity contribution in [3.8, 4) is 0 Å². The SMILES string of the molecule is C[C@H](OC(=O)CCN1C(=O)c2ccccc2C1=O)C(=O)Nc1cccc(F)c1. The van der Waals surface area contributed by atoms with Crippen molar-refractivity contribution in [1.82, 2.24) is 4.90 Å². The molecule has 1 aliphatic rings. The van der Waals surface area contributed by atoms with E-state index < -0.39 is 35.6 Å². The Labute approximate surface area is 160 Å². The van der Waals surface area contributed by atoms with E-state index in [-0.39, 0.29) is 18.7 Å². The molecule has 0 saturated carbocycles. The molecule has 2 aromatic carbocycles. The Balaban J connectivity index is 1.51. The molecule has 2 aromatic rings. The Hall–Kier alpha value is -3.55. The highest BCUT2D eigenvalue weighted by Crippen LogP contribution is 2.22. The highest BCUT2D eigenvalue weighted by atomic mass is 19.1. The van der Waals surface area contributed by atoms with Gasteiger partial charge in [0.25, 0.3) is 17.7 Å². The predicted molar refractivity (Wildman–Crippen MR) is 97.0 cm³/mol. The van der Waals surface area contributed by atoms with E-state index in [1.807, 2.05) is 0 Å². The second kappa shape index (κ2) is 7.99. The molecule has 3 rings (SSSR count). The number of nitrogens with zero attached hydrogens (tertiary/aromatic N) is 1. The van der Waals surface area contributed by atoms with Gasteiger partial charge in [0.1, 0.15) is 5.82 Å². The zero-order valence-corrected chi connectivity index (χ0v) is 15.0. The monoisotopic (exact) mass is 384 g/mol. The summed E-state index contributed by atoms with van der Waals surface area (Å²) in [6.45, 7) is 1.22. The van der Waals surface area contributed by atoms with Crippen molar-refractivity contribution in [3.05, 3.63) is 65.5 Å². The maximum Gasteiger partial charge on any atom is 0.308 e. The summed E-state index contributed by atoms with van der Waals surface area (Å²) in [5.41, 5.74) is 0.825. The van der Waals surface area contributed by atoms with Crippen LogP contribution in [0.5, 0.6) is 0 Å². The van der Waals surface area contributed by atoms with Crippen LogP contribution in [0.15, 0.2) is 48.5 Å². The molecule has 144 valence electrons. The molecule has 0 saturated heterocycles. The van der Waals surface area contributed by atoms with Crippen LogP contribution in [0.25, 0.3) is 0 Å². The lowest BCUT2D eigenvalue weighted by atomic mass is 10.1. The average molecular weight is 384 g/mol. The molecule has 0 spiro atoms. The first-order chi connectivity index (χ1) is 13.4. The van der Waals surface area contributed by atoms with Crippen LogP contribution in [0, 0.1) is 5.82 Å². The van der Waals surface area contributed by atoms with Crippen molar-refractivity contribution in [1.29, 1.82) is 0 Å². The number of ether oxygens (including phenoxy) is 1. The number of hydrogen-bond acceptors (Lipinski definition) is 5. The lowest BCUT2D eigenvalue weighted by Crippen LogP contribution is -2.34. The number of benzene rings is 2. The van der Waals surface area contributed by atoms with Crippen molar-refractivity contribution in [2.24, 2.45) is 0 Å². The van der Waals surface area contributed by atoms with E-state index in [4.69, 9.17) is 4.74 Å². The Morgan fingerprint density at radius 1 is 1.07 bits per heavy atom. The van der Waals surface area contributed by atoms with Gasteiger partial charge < -0.3 is 10.1 Å². The minimum absolute atomic E-state index is 0.149. The quantitative estimate of drug-likeness (QED) is 0.610. The summed E-state index contributed by atoms with van der Waals surface area (Å²) >= 11 is 0. The van der Waals surface area contributed by atoms with Crippen LogP contribution in [0.3, 0.4) is 0 Å². The van der Waals surface area contributed by atoms with Crippen LogP contribution >= 0.6 is 0 Å². The first-order valence-corrected chi connectivity index (χ1v) is 8.58. The summed E-state index contributed by atoms with van der Waals surface area (Å²) < 4.78 is 18.2. The highest BCUT2D eigenvalue weighted by Gasteiger charge is 2.35. The van der Waals surface area contributed by atoms with E-state index in [1.54, 1.807) is 24.3 Å². The van der Waals surface area contributed by atoms with Crippen molar-refractivity contribution < 1.29 is 28.3 Å². The molecule has 1 heterocycles. The Morgan fingerprint density at radius 2 is 1.71 bits per heavy atom. The van der Waals surface area contributed by atoms with Crippen molar-refractivity contribution in [2.45, 2.75) is 19.4 Å². The number of carbonyl (C=O) groups excluding carboxylic acids is 4. The second-order valence-electron chi connectivity index (χ2n) is 6.19. The van der Waals surface area contributed by atoms with Gasteiger partial charge in [-0.25, -0.2) is 4.39 Å². The van der Waals surface area contributed by atoms with Gasteiger partial charge in [0.15, 0.2) is 6.10 Å². The summed E-state index contributed by atoms with van der Waals surface area (Å²) in [6, 6.07) is 11.7. The third-order valence-electron chi connectivity index (χ3n) is 4.19. The van der Waals surface area contributed by atoms with Gasteiger partial charge in [-0.2, -0.15) is 0 Å². The molecule has 28 heavy (non-hydrogen) atoms. The molecule has 1 N–H and O–H groups in total. The molecule has 1 aliphatic heterocycles. The van der Waals surface area contributed by atoms with E-state index in [9.17, 15) is 23.6 Å². The standard InChI is InChI=1S/C20H17FN2O5/c1-12(18(25)22-14-6-4-5-13(21)11-14)28-17(24)9-10-23-19(26)15-7-2-3-8-16(15)20(23)27/h2-8,11-12H,9-10H2,1H3,(H,22,25)/t12-/m0/s1. The molecule has 0 fully saturated rings. The molecule has 3 amide bonds. The van der Waals surface area contributed by atoms with Crippen LogP contribution in [0.2, 0.25) is 0 Å². The fourth-order valence-electron chi connectivity index (χ4n) is 2.77. The summed E-state index contributed by atoms with van der Waals surface area (Å²) in [6.07, 6.45) is -1.37. The minimum atomic E-state index is -1.13. The van der Waals surface area contributed by atoms with Crippen LogP contribution in [-0.2, 0) is 14.3 Å². The van der Waals surface area contributed by atoms with Gasteiger partial charge in [-0.15, -0.1) is 0 Å². The number of nitrogens with one attached hydrogen (secondary N) is 1. The summed E-state index contributed by atoms with van der Waals surface area (Å²) in [5.74, 6) is -2.81. The normalized spacial score (nSPS) is 13.9. The third kappa shape index (κ3) is 4.06. The predicted octanol–water partition coefficient (Wildman–Crippen LogP) is 2.38. The summed E-state index contributed by atoms with van der Waals surface area (Å²) in [4.78, 5) is 49.5. The number of halogens is 1. The smallest absolute Gasteiger partial charge is 0.308 e. The second-order valence-corrected chi connectivity index (χ2v) is 6.19. The molecule has 0 bridgehead atoms. The molecule has 0 aliphatic carbocycles. The van der Waals surface area contributed by atoms with Gasteiger partial charge in [-0.05, 0) is 37.3 Å². The van der Waals surface area contributed by atoms with Crippen molar-refractivity contribution >= 4 is 29.4 Å². The third-order valence-corrected chi connectivity index (χ3v) is 4.19.